The summed E-state index contributed by atoms with van der Waals surface area (Å²) in [5, 5.41) is 13.4. The Kier molecular flexibility index (Phi) is 6.33. The number of hydrogen-bond donors (Lipinski definition) is 1. The molecule has 1 N–H and O–H groups in total. The summed E-state index contributed by atoms with van der Waals surface area (Å²) in [6.45, 7) is 3.20. The fourth-order valence-corrected chi connectivity index (χ4v) is 2.73. The molecule has 0 saturated heterocycles. The van der Waals surface area contributed by atoms with Crippen LogP contribution in [0.15, 0.2) is 34.8 Å². The average molecular weight is 442 g/mol. The van der Waals surface area contributed by atoms with Crippen LogP contribution in [0, 0.1) is 24.0 Å². The van der Waals surface area contributed by atoms with Crippen molar-refractivity contribution in [3.63, 3.8) is 0 Å². The predicted molar refractivity (Wildman–Crippen MR) is 101 cm³/mol. The van der Waals surface area contributed by atoms with Crippen LogP contribution in [0.2, 0.25) is 5.02 Å². The zero-order valence-electron chi connectivity index (χ0n) is 13.8. The maximum Gasteiger partial charge on any atom is 0.340 e. The normalized spacial score (nSPS) is 10.3. The van der Waals surface area contributed by atoms with E-state index in [1.807, 2.05) is 13.8 Å². The number of nitrogens with one attached hydrogen (secondary N) is 1. The first kappa shape index (κ1) is 19.9. The van der Waals surface area contributed by atoms with E-state index in [2.05, 4.69) is 21.2 Å². The minimum absolute atomic E-state index is 0.000358. The number of amides is 1. The summed E-state index contributed by atoms with van der Waals surface area (Å²) in [6.07, 6.45) is 0. The first-order valence-electron chi connectivity index (χ1n) is 7.37. The Morgan fingerprint density at radius 2 is 1.92 bits per heavy atom. The van der Waals surface area contributed by atoms with Gasteiger partial charge in [-0.1, -0.05) is 27.5 Å². The fraction of sp³-hybridized carbons (Fsp3) is 0.176. The van der Waals surface area contributed by atoms with Crippen LogP contribution < -0.4 is 5.32 Å². The van der Waals surface area contributed by atoms with E-state index in [0.29, 0.717) is 5.69 Å². The third kappa shape index (κ3) is 4.59. The molecule has 0 aliphatic carbocycles. The van der Waals surface area contributed by atoms with Gasteiger partial charge in [-0.25, -0.2) is 4.79 Å². The Balaban J connectivity index is 2.04. The second-order valence-corrected chi connectivity index (χ2v) is 6.65. The minimum atomic E-state index is -0.919. The smallest absolute Gasteiger partial charge is 0.340 e. The van der Waals surface area contributed by atoms with E-state index < -0.39 is 23.4 Å². The number of nitro groups is 1. The highest BCUT2D eigenvalue weighted by molar-refractivity contribution is 9.10. The van der Waals surface area contributed by atoms with Gasteiger partial charge in [-0.3, -0.25) is 14.9 Å². The van der Waals surface area contributed by atoms with Crippen molar-refractivity contribution in [2.45, 2.75) is 13.8 Å². The Labute approximate surface area is 162 Å². The molecule has 2 aromatic rings. The highest BCUT2D eigenvalue weighted by Crippen LogP contribution is 2.26. The number of halogens is 2. The van der Waals surface area contributed by atoms with Crippen molar-refractivity contribution in [1.29, 1.82) is 0 Å². The number of rotatable bonds is 5. The van der Waals surface area contributed by atoms with Gasteiger partial charge in [0.1, 0.15) is 0 Å². The van der Waals surface area contributed by atoms with Gasteiger partial charge >= 0.3 is 5.97 Å². The van der Waals surface area contributed by atoms with Crippen LogP contribution in [0.25, 0.3) is 0 Å². The van der Waals surface area contributed by atoms with Crippen molar-refractivity contribution >= 4 is 50.8 Å². The standard InChI is InChI=1S/C17H14BrClN2O5/c1-9-10(2)15(6-4-13(9)18)20-16(22)8-26-17(23)12-7-11(21(24)25)3-5-14(12)19/h3-7H,8H2,1-2H3,(H,20,22). The molecule has 0 spiro atoms. The van der Waals surface area contributed by atoms with E-state index in [1.165, 1.54) is 12.1 Å². The lowest BCUT2D eigenvalue weighted by Crippen LogP contribution is -2.21. The summed E-state index contributed by atoms with van der Waals surface area (Å²) in [5.74, 6) is -1.46. The number of carbonyl (C=O) groups is 2. The van der Waals surface area contributed by atoms with Crippen molar-refractivity contribution in [3.8, 4) is 0 Å². The van der Waals surface area contributed by atoms with Crippen LogP contribution in [-0.4, -0.2) is 23.4 Å². The molecular formula is C17H14BrClN2O5. The third-order valence-electron chi connectivity index (χ3n) is 3.71. The molecule has 1 amide bonds. The molecular weight excluding hydrogens is 428 g/mol. The van der Waals surface area contributed by atoms with Crippen molar-refractivity contribution in [2.75, 3.05) is 11.9 Å². The maximum absolute atomic E-state index is 12.0. The van der Waals surface area contributed by atoms with E-state index in [4.69, 9.17) is 16.3 Å². The van der Waals surface area contributed by atoms with Gasteiger partial charge in [0.25, 0.3) is 11.6 Å². The summed E-state index contributed by atoms with van der Waals surface area (Å²) in [7, 11) is 0. The number of non-ortho nitro benzene ring substituents is 1. The van der Waals surface area contributed by atoms with Gasteiger partial charge in [0, 0.05) is 22.3 Å². The Bertz CT molecular complexity index is 901. The monoisotopic (exact) mass is 440 g/mol. The van der Waals surface area contributed by atoms with Gasteiger partial charge in [0.05, 0.1) is 15.5 Å². The molecule has 9 heteroatoms. The maximum atomic E-state index is 12.0. The number of ether oxygens (including phenoxy) is 1. The van der Waals surface area contributed by atoms with Gasteiger partial charge in [0.2, 0.25) is 0 Å². The van der Waals surface area contributed by atoms with Crippen LogP contribution in [0.1, 0.15) is 21.5 Å². The molecule has 0 aliphatic heterocycles. The number of nitrogens with zero attached hydrogens (tertiary/aromatic N) is 1. The van der Waals surface area contributed by atoms with Crippen molar-refractivity contribution in [3.05, 3.63) is 66.6 Å². The highest BCUT2D eigenvalue weighted by Gasteiger charge is 2.18. The minimum Gasteiger partial charge on any atom is -0.452 e. The van der Waals surface area contributed by atoms with E-state index >= 15 is 0 Å². The van der Waals surface area contributed by atoms with E-state index in [0.717, 1.165) is 21.7 Å². The molecule has 0 radical (unpaired) electrons. The molecule has 0 fully saturated rings. The molecule has 0 aliphatic rings. The van der Waals surface area contributed by atoms with Crippen LogP contribution in [0.4, 0.5) is 11.4 Å². The molecule has 2 rings (SSSR count). The average Bonchev–Trinajstić information content (AvgIpc) is 2.60. The van der Waals surface area contributed by atoms with Crippen LogP contribution in [0.3, 0.4) is 0 Å². The highest BCUT2D eigenvalue weighted by atomic mass is 79.9. The molecule has 7 nitrogen and oxygen atoms in total. The summed E-state index contributed by atoms with van der Waals surface area (Å²) >= 11 is 9.27. The topological polar surface area (TPSA) is 98.5 Å². The number of benzene rings is 2. The molecule has 26 heavy (non-hydrogen) atoms. The fourth-order valence-electron chi connectivity index (χ4n) is 2.10. The summed E-state index contributed by atoms with van der Waals surface area (Å²) in [5.41, 5.74) is 1.97. The lowest BCUT2D eigenvalue weighted by Gasteiger charge is -2.12. The van der Waals surface area contributed by atoms with E-state index in [1.54, 1.807) is 12.1 Å². The van der Waals surface area contributed by atoms with E-state index in [9.17, 15) is 19.7 Å². The first-order chi connectivity index (χ1) is 12.2. The first-order valence-corrected chi connectivity index (χ1v) is 8.54. The van der Waals surface area contributed by atoms with Crippen molar-refractivity contribution in [2.24, 2.45) is 0 Å². The number of nitro benzene ring substituents is 1. The van der Waals surface area contributed by atoms with Gasteiger partial charge in [0.15, 0.2) is 6.61 Å². The Morgan fingerprint density at radius 1 is 1.23 bits per heavy atom. The van der Waals surface area contributed by atoms with Gasteiger partial charge < -0.3 is 10.1 Å². The van der Waals surface area contributed by atoms with Gasteiger partial charge in [-0.2, -0.15) is 0 Å². The van der Waals surface area contributed by atoms with Gasteiger partial charge in [-0.05, 0) is 43.2 Å². The lowest BCUT2D eigenvalue weighted by molar-refractivity contribution is -0.384. The zero-order valence-corrected chi connectivity index (χ0v) is 16.2. The second-order valence-electron chi connectivity index (χ2n) is 5.39. The third-order valence-corrected chi connectivity index (χ3v) is 4.90. The zero-order chi connectivity index (χ0) is 19.4. The number of esters is 1. The van der Waals surface area contributed by atoms with Crippen molar-refractivity contribution in [1.82, 2.24) is 0 Å². The van der Waals surface area contributed by atoms with Crippen LogP contribution in [0.5, 0.6) is 0 Å². The summed E-state index contributed by atoms with van der Waals surface area (Å²) in [6, 6.07) is 6.93. The second kappa shape index (κ2) is 8.29. The van der Waals surface area contributed by atoms with E-state index in [-0.39, 0.29) is 16.3 Å². The molecule has 0 heterocycles. The summed E-state index contributed by atoms with van der Waals surface area (Å²) < 4.78 is 5.82. The molecule has 0 bridgehead atoms. The molecule has 0 saturated carbocycles. The predicted octanol–water partition coefficient (Wildman–Crippen LogP) is 4.42. The number of hydrogen-bond acceptors (Lipinski definition) is 5. The van der Waals surface area contributed by atoms with Crippen LogP contribution >= 0.6 is 27.5 Å². The molecule has 0 atom stereocenters. The summed E-state index contributed by atoms with van der Waals surface area (Å²) in [4.78, 5) is 34.2. The van der Waals surface area contributed by atoms with Crippen molar-refractivity contribution < 1.29 is 19.2 Å². The molecule has 2 aromatic carbocycles. The molecule has 0 aromatic heterocycles. The number of anilines is 1. The molecule has 136 valence electrons. The number of carbonyl (C=O) groups excluding carboxylic acids is 2. The SMILES string of the molecule is Cc1c(Br)ccc(NC(=O)COC(=O)c2cc([N+](=O)[O-])ccc2Cl)c1C. The Morgan fingerprint density at radius 3 is 2.58 bits per heavy atom. The Hall–Kier alpha value is -2.45. The largest absolute Gasteiger partial charge is 0.452 e. The van der Waals surface area contributed by atoms with Crippen LogP contribution in [-0.2, 0) is 9.53 Å². The quantitative estimate of drug-likeness (QED) is 0.420. The van der Waals surface area contributed by atoms with Gasteiger partial charge in [-0.15, -0.1) is 0 Å². The molecule has 0 unspecified atom stereocenters. The lowest BCUT2D eigenvalue weighted by atomic mass is 10.1.